The lowest BCUT2D eigenvalue weighted by atomic mass is 9.99. The van der Waals surface area contributed by atoms with Gasteiger partial charge in [0.2, 0.25) is 5.91 Å². The lowest BCUT2D eigenvalue weighted by Crippen LogP contribution is -2.13. The Labute approximate surface area is 142 Å². The smallest absolute Gasteiger partial charge is 0.221 e. The molecule has 3 heteroatoms. The molecule has 1 amide bonds. The molecule has 0 bridgehead atoms. The fourth-order valence-electron chi connectivity index (χ4n) is 2.94. The Morgan fingerprint density at radius 2 is 1.79 bits per heavy atom. The van der Waals surface area contributed by atoms with Crippen LogP contribution in [0.3, 0.4) is 0 Å². The highest BCUT2D eigenvalue weighted by atomic mass is 16.1. The highest BCUT2D eigenvalue weighted by Crippen LogP contribution is 2.26. The maximum atomic E-state index is 11.1. The van der Waals surface area contributed by atoms with E-state index in [2.05, 4.69) is 51.1 Å². The molecule has 0 aliphatic rings. The first-order chi connectivity index (χ1) is 11.4. The number of carbonyl (C=O) groups is 1. The first-order valence-corrected chi connectivity index (χ1v) is 8.23. The number of fused-ring (bicyclic) bond motifs is 1. The van der Waals surface area contributed by atoms with Crippen molar-refractivity contribution in [3.63, 3.8) is 0 Å². The lowest BCUT2D eigenvalue weighted by molar-refractivity contribution is -0.117. The van der Waals surface area contributed by atoms with E-state index in [1.54, 1.807) is 0 Å². The molecule has 0 fully saturated rings. The number of amides is 1. The molecule has 2 N–H and O–H groups in total. The van der Waals surface area contributed by atoms with Crippen LogP contribution in [0.2, 0.25) is 0 Å². The number of benzene rings is 2. The SMILES string of the molecule is Cc1cc(-c2ccc(C(C)C)cc2)nc2ccc(CC(N)=O)cc12. The van der Waals surface area contributed by atoms with Gasteiger partial charge in [0, 0.05) is 10.9 Å². The van der Waals surface area contributed by atoms with Crippen molar-refractivity contribution in [1.82, 2.24) is 4.98 Å². The number of nitrogens with two attached hydrogens (primary N) is 1. The zero-order valence-corrected chi connectivity index (χ0v) is 14.3. The number of nitrogens with zero attached hydrogens (tertiary/aromatic N) is 1. The molecular weight excluding hydrogens is 296 g/mol. The molecule has 0 atom stereocenters. The number of primary amides is 1. The molecule has 1 heterocycles. The van der Waals surface area contributed by atoms with Gasteiger partial charge < -0.3 is 5.73 Å². The molecule has 0 spiro atoms. The maximum absolute atomic E-state index is 11.1. The maximum Gasteiger partial charge on any atom is 0.221 e. The summed E-state index contributed by atoms with van der Waals surface area (Å²) in [7, 11) is 0. The molecule has 24 heavy (non-hydrogen) atoms. The van der Waals surface area contributed by atoms with Crippen molar-refractivity contribution >= 4 is 16.8 Å². The van der Waals surface area contributed by atoms with Gasteiger partial charge in [-0.3, -0.25) is 4.79 Å². The Hall–Kier alpha value is -2.68. The topological polar surface area (TPSA) is 56.0 Å². The van der Waals surface area contributed by atoms with Crippen molar-refractivity contribution in [3.8, 4) is 11.3 Å². The lowest BCUT2D eigenvalue weighted by Gasteiger charge is -2.10. The van der Waals surface area contributed by atoms with Crippen LogP contribution in [0.15, 0.2) is 48.5 Å². The molecule has 3 nitrogen and oxygen atoms in total. The fourth-order valence-corrected chi connectivity index (χ4v) is 2.94. The summed E-state index contributed by atoms with van der Waals surface area (Å²) in [5.74, 6) is 0.204. The summed E-state index contributed by atoms with van der Waals surface area (Å²) in [5, 5.41) is 1.07. The molecule has 0 aliphatic heterocycles. The number of hydrogen-bond donors (Lipinski definition) is 1. The largest absolute Gasteiger partial charge is 0.369 e. The minimum atomic E-state index is -0.318. The first-order valence-electron chi connectivity index (χ1n) is 8.23. The summed E-state index contributed by atoms with van der Waals surface area (Å²) in [6.07, 6.45) is 0.258. The molecule has 0 radical (unpaired) electrons. The molecule has 122 valence electrons. The summed E-state index contributed by atoms with van der Waals surface area (Å²) < 4.78 is 0. The zero-order chi connectivity index (χ0) is 17.3. The molecular formula is C21H22N2O. The number of carbonyl (C=O) groups excluding carboxylic acids is 1. The summed E-state index contributed by atoms with van der Waals surface area (Å²) in [6.45, 7) is 6.46. The van der Waals surface area contributed by atoms with Crippen molar-refractivity contribution in [3.05, 3.63) is 65.2 Å². The van der Waals surface area contributed by atoms with Crippen LogP contribution in [-0.4, -0.2) is 10.9 Å². The van der Waals surface area contributed by atoms with Gasteiger partial charge in [-0.1, -0.05) is 44.2 Å². The molecule has 0 saturated carbocycles. The van der Waals surface area contributed by atoms with Crippen LogP contribution >= 0.6 is 0 Å². The van der Waals surface area contributed by atoms with Crippen molar-refractivity contribution in [2.75, 3.05) is 0 Å². The average molecular weight is 318 g/mol. The van der Waals surface area contributed by atoms with E-state index in [1.165, 1.54) is 5.56 Å². The van der Waals surface area contributed by atoms with Crippen LogP contribution in [0, 0.1) is 6.92 Å². The second kappa shape index (κ2) is 6.44. The molecule has 0 aliphatic carbocycles. The van der Waals surface area contributed by atoms with E-state index in [0.717, 1.165) is 33.3 Å². The number of pyridine rings is 1. The van der Waals surface area contributed by atoms with Crippen LogP contribution in [0.1, 0.15) is 36.5 Å². The van der Waals surface area contributed by atoms with Crippen LogP contribution < -0.4 is 5.73 Å². The third-order valence-electron chi connectivity index (χ3n) is 4.33. The van der Waals surface area contributed by atoms with E-state index in [4.69, 9.17) is 10.7 Å². The van der Waals surface area contributed by atoms with Crippen molar-refractivity contribution in [2.45, 2.75) is 33.1 Å². The van der Waals surface area contributed by atoms with E-state index in [1.807, 2.05) is 18.2 Å². The van der Waals surface area contributed by atoms with E-state index in [0.29, 0.717) is 5.92 Å². The highest BCUT2D eigenvalue weighted by molar-refractivity contribution is 5.87. The standard InChI is InChI=1S/C21H22N2O/c1-13(2)16-5-7-17(8-6-16)20-10-14(3)18-11-15(12-21(22)24)4-9-19(18)23-20/h4-11,13H,12H2,1-3H3,(H2,22,24). The van der Waals surface area contributed by atoms with Crippen LogP contribution in [0.25, 0.3) is 22.2 Å². The summed E-state index contributed by atoms with van der Waals surface area (Å²) in [6, 6.07) is 16.6. The Bertz CT molecular complexity index is 896. The third kappa shape index (κ3) is 3.30. The van der Waals surface area contributed by atoms with Gasteiger partial charge in [0.15, 0.2) is 0 Å². The van der Waals surface area contributed by atoms with E-state index in [-0.39, 0.29) is 12.3 Å². The Kier molecular flexibility index (Phi) is 4.34. The number of hydrogen-bond acceptors (Lipinski definition) is 2. The Balaban J connectivity index is 2.02. The second-order valence-corrected chi connectivity index (χ2v) is 6.60. The average Bonchev–Trinajstić information content (AvgIpc) is 2.55. The first kappa shape index (κ1) is 16.2. The van der Waals surface area contributed by atoms with Gasteiger partial charge >= 0.3 is 0 Å². The second-order valence-electron chi connectivity index (χ2n) is 6.60. The van der Waals surface area contributed by atoms with Gasteiger partial charge in [0.25, 0.3) is 0 Å². The fraction of sp³-hybridized carbons (Fsp3) is 0.238. The highest BCUT2D eigenvalue weighted by Gasteiger charge is 2.08. The minimum Gasteiger partial charge on any atom is -0.369 e. The van der Waals surface area contributed by atoms with Gasteiger partial charge in [-0.15, -0.1) is 0 Å². The normalized spacial score (nSPS) is 11.2. The zero-order valence-electron chi connectivity index (χ0n) is 14.3. The Morgan fingerprint density at radius 3 is 2.42 bits per heavy atom. The van der Waals surface area contributed by atoms with Crippen molar-refractivity contribution in [1.29, 1.82) is 0 Å². The van der Waals surface area contributed by atoms with Crippen molar-refractivity contribution < 1.29 is 4.79 Å². The molecule has 2 aromatic carbocycles. The predicted octanol–water partition coefficient (Wildman–Crippen LogP) is 4.36. The molecule has 3 aromatic rings. The quantitative estimate of drug-likeness (QED) is 0.777. The van der Waals surface area contributed by atoms with Crippen LogP contribution in [-0.2, 0) is 11.2 Å². The predicted molar refractivity (Wildman–Crippen MR) is 98.9 cm³/mol. The molecule has 3 rings (SSSR count). The van der Waals surface area contributed by atoms with Crippen LogP contribution in [0.4, 0.5) is 0 Å². The summed E-state index contributed by atoms with van der Waals surface area (Å²) in [4.78, 5) is 15.9. The number of aryl methyl sites for hydroxylation is 1. The van der Waals surface area contributed by atoms with Crippen LogP contribution in [0.5, 0.6) is 0 Å². The van der Waals surface area contributed by atoms with E-state index in [9.17, 15) is 4.79 Å². The van der Waals surface area contributed by atoms with E-state index >= 15 is 0 Å². The molecule has 0 unspecified atom stereocenters. The van der Waals surface area contributed by atoms with Gasteiger partial charge in [0.05, 0.1) is 17.6 Å². The minimum absolute atomic E-state index is 0.258. The van der Waals surface area contributed by atoms with Gasteiger partial charge in [0.1, 0.15) is 0 Å². The van der Waals surface area contributed by atoms with E-state index < -0.39 is 0 Å². The van der Waals surface area contributed by atoms with Gasteiger partial charge in [-0.25, -0.2) is 4.98 Å². The number of rotatable bonds is 4. The Morgan fingerprint density at radius 1 is 1.08 bits per heavy atom. The molecule has 0 saturated heterocycles. The third-order valence-corrected chi connectivity index (χ3v) is 4.33. The number of aromatic nitrogens is 1. The van der Waals surface area contributed by atoms with Crippen molar-refractivity contribution in [2.24, 2.45) is 5.73 Å². The van der Waals surface area contributed by atoms with Gasteiger partial charge in [-0.05, 0) is 47.7 Å². The van der Waals surface area contributed by atoms with Gasteiger partial charge in [-0.2, -0.15) is 0 Å². The summed E-state index contributed by atoms with van der Waals surface area (Å²) in [5.41, 5.74) is 11.7. The monoisotopic (exact) mass is 318 g/mol. The molecule has 1 aromatic heterocycles. The summed E-state index contributed by atoms with van der Waals surface area (Å²) >= 11 is 0.